The summed E-state index contributed by atoms with van der Waals surface area (Å²) in [6.45, 7) is 0. The molecule has 56 valence electrons. The Hall–Kier alpha value is -1.12. The Morgan fingerprint density at radius 3 is 3.36 bits per heavy atom. The van der Waals surface area contributed by atoms with Gasteiger partial charge in [0.2, 0.25) is 0 Å². The molecule has 3 heteroatoms. The van der Waals surface area contributed by atoms with Crippen molar-refractivity contribution in [1.29, 1.82) is 0 Å². The molecule has 2 heterocycles. The maximum Gasteiger partial charge on any atom is 0.135 e. The largest absolute Gasteiger partial charge is 0.356 e. The first-order valence-corrected chi connectivity index (χ1v) is 3.90. The summed E-state index contributed by atoms with van der Waals surface area (Å²) < 4.78 is 0. The smallest absolute Gasteiger partial charge is 0.135 e. The van der Waals surface area contributed by atoms with Crippen LogP contribution in [-0.2, 0) is 0 Å². The van der Waals surface area contributed by atoms with E-state index in [0.29, 0.717) is 0 Å². The number of hydrogen-bond acceptors (Lipinski definition) is 3. The average molecular weight is 147 g/mol. The summed E-state index contributed by atoms with van der Waals surface area (Å²) in [6, 6.07) is 0.738. The van der Waals surface area contributed by atoms with Gasteiger partial charge in [0.15, 0.2) is 0 Å². The summed E-state index contributed by atoms with van der Waals surface area (Å²) in [7, 11) is 2.11. The van der Waals surface area contributed by atoms with Crippen molar-refractivity contribution >= 4 is 5.82 Å². The Bertz CT molecular complexity index is 295. The Kier molecular flexibility index (Phi) is 0.776. The predicted molar refractivity (Wildman–Crippen MR) is 41.6 cm³/mol. The fourth-order valence-corrected chi connectivity index (χ4v) is 1.99. The quantitative estimate of drug-likeness (QED) is 0.543. The lowest BCUT2D eigenvalue weighted by molar-refractivity contribution is 0.915. The molecule has 1 saturated carbocycles. The fourth-order valence-electron chi connectivity index (χ4n) is 1.99. The normalized spacial score (nSPS) is 31.5. The van der Waals surface area contributed by atoms with Gasteiger partial charge in [0.25, 0.3) is 0 Å². The summed E-state index contributed by atoms with van der Waals surface area (Å²) in [5, 5.41) is 0. The van der Waals surface area contributed by atoms with Gasteiger partial charge in [-0.1, -0.05) is 0 Å². The molecule has 11 heavy (non-hydrogen) atoms. The fraction of sp³-hybridized carbons (Fsp3) is 0.500. The molecule has 1 fully saturated rings. The highest BCUT2D eigenvalue weighted by Crippen LogP contribution is 2.53. The van der Waals surface area contributed by atoms with Crippen LogP contribution in [-0.4, -0.2) is 23.1 Å². The predicted octanol–water partition coefficient (Wildman–Crippen LogP) is 0.782. The Labute approximate surface area is 65.1 Å². The van der Waals surface area contributed by atoms with Crippen LogP contribution in [0.5, 0.6) is 0 Å². The molecule has 1 aromatic rings. The molecule has 3 rings (SSSR count). The van der Waals surface area contributed by atoms with Crippen molar-refractivity contribution in [2.45, 2.75) is 18.4 Å². The molecule has 3 nitrogen and oxygen atoms in total. The van der Waals surface area contributed by atoms with Crippen LogP contribution in [0.3, 0.4) is 0 Å². The van der Waals surface area contributed by atoms with Gasteiger partial charge >= 0.3 is 0 Å². The lowest BCUT2D eigenvalue weighted by atomic mass is 10.2. The van der Waals surface area contributed by atoms with E-state index >= 15 is 0 Å². The highest BCUT2D eigenvalue weighted by molar-refractivity contribution is 5.59. The Morgan fingerprint density at radius 2 is 2.55 bits per heavy atom. The molecule has 0 spiro atoms. The standard InChI is InChI=1S/C8H9N3/c1-11-7-2-5(7)6-3-9-4-10-8(6)11/h3-5,7H,2H2,1H3. The number of anilines is 1. The minimum atomic E-state index is 0.738. The van der Waals surface area contributed by atoms with Gasteiger partial charge in [0.05, 0.1) is 0 Å². The van der Waals surface area contributed by atoms with Crippen molar-refractivity contribution in [3.63, 3.8) is 0 Å². The van der Waals surface area contributed by atoms with Gasteiger partial charge in [-0.3, -0.25) is 0 Å². The molecule has 0 saturated heterocycles. The molecule has 2 atom stereocenters. The van der Waals surface area contributed by atoms with Gasteiger partial charge in [-0.05, 0) is 6.42 Å². The van der Waals surface area contributed by atoms with E-state index in [1.807, 2.05) is 6.20 Å². The van der Waals surface area contributed by atoms with E-state index in [1.54, 1.807) is 6.33 Å². The zero-order valence-electron chi connectivity index (χ0n) is 6.36. The first kappa shape index (κ1) is 5.52. The van der Waals surface area contributed by atoms with Crippen LogP contribution in [0.2, 0.25) is 0 Å². The van der Waals surface area contributed by atoms with Crippen molar-refractivity contribution < 1.29 is 0 Å². The van der Waals surface area contributed by atoms with Crippen LogP contribution in [0.25, 0.3) is 0 Å². The molecule has 0 radical (unpaired) electrons. The number of nitrogens with zero attached hydrogens (tertiary/aromatic N) is 3. The lowest BCUT2D eigenvalue weighted by Gasteiger charge is -2.12. The van der Waals surface area contributed by atoms with E-state index in [2.05, 4.69) is 21.9 Å². The molecule has 1 aromatic heterocycles. The number of fused-ring (bicyclic) bond motifs is 3. The van der Waals surface area contributed by atoms with Crippen LogP contribution < -0.4 is 4.90 Å². The summed E-state index contributed by atoms with van der Waals surface area (Å²) in [5.41, 5.74) is 1.35. The zero-order chi connectivity index (χ0) is 7.42. The first-order chi connectivity index (χ1) is 5.38. The maximum absolute atomic E-state index is 4.24. The monoisotopic (exact) mass is 147 g/mol. The molecule has 2 aliphatic rings. The average Bonchev–Trinajstić information content (AvgIpc) is 2.78. The van der Waals surface area contributed by atoms with Crippen LogP contribution in [0, 0.1) is 0 Å². The molecule has 0 aromatic carbocycles. The van der Waals surface area contributed by atoms with E-state index in [-0.39, 0.29) is 0 Å². The number of hydrogen-bond donors (Lipinski definition) is 0. The SMILES string of the molecule is CN1c2ncncc2C2CC21. The van der Waals surface area contributed by atoms with E-state index in [0.717, 1.165) is 17.8 Å². The topological polar surface area (TPSA) is 29.0 Å². The summed E-state index contributed by atoms with van der Waals surface area (Å²) in [5.74, 6) is 1.89. The minimum Gasteiger partial charge on any atom is -0.356 e. The van der Waals surface area contributed by atoms with Gasteiger partial charge in [-0.2, -0.15) is 0 Å². The van der Waals surface area contributed by atoms with Crippen LogP contribution in [0.1, 0.15) is 17.9 Å². The van der Waals surface area contributed by atoms with Crippen molar-refractivity contribution in [1.82, 2.24) is 9.97 Å². The third-order valence-electron chi connectivity index (χ3n) is 2.71. The lowest BCUT2D eigenvalue weighted by Crippen LogP contribution is -2.17. The van der Waals surface area contributed by atoms with Crippen LogP contribution in [0.4, 0.5) is 5.82 Å². The summed E-state index contributed by atoms with van der Waals surface area (Å²) >= 11 is 0. The molecular weight excluding hydrogens is 138 g/mol. The van der Waals surface area contributed by atoms with Crippen LogP contribution in [0.15, 0.2) is 12.5 Å². The van der Waals surface area contributed by atoms with Crippen LogP contribution >= 0.6 is 0 Å². The third-order valence-corrected chi connectivity index (χ3v) is 2.71. The summed E-state index contributed by atoms with van der Waals surface area (Å²) in [4.78, 5) is 10.5. The van der Waals surface area contributed by atoms with Crippen molar-refractivity contribution in [3.05, 3.63) is 18.1 Å². The number of likely N-dealkylation sites (N-methyl/N-ethyl adjacent to an activating group) is 1. The van der Waals surface area contributed by atoms with Gasteiger partial charge < -0.3 is 4.90 Å². The molecule has 0 N–H and O–H groups in total. The Morgan fingerprint density at radius 1 is 1.64 bits per heavy atom. The van der Waals surface area contributed by atoms with E-state index in [4.69, 9.17) is 0 Å². The third kappa shape index (κ3) is 0.541. The van der Waals surface area contributed by atoms with Crippen molar-refractivity contribution in [2.24, 2.45) is 0 Å². The van der Waals surface area contributed by atoms with Crippen molar-refractivity contribution in [3.8, 4) is 0 Å². The highest BCUT2D eigenvalue weighted by Gasteiger charge is 2.49. The second-order valence-electron chi connectivity index (χ2n) is 3.32. The molecule has 0 bridgehead atoms. The van der Waals surface area contributed by atoms with Crippen molar-refractivity contribution in [2.75, 3.05) is 11.9 Å². The Balaban J connectivity index is 2.22. The van der Waals surface area contributed by atoms with E-state index in [1.165, 1.54) is 12.0 Å². The number of rotatable bonds is 0. The van der Waals surface area contributed by atoms with Gasteiger partial charge in [-0.15, -0.1) is 0 Å². The molecule has 0 amide bonds. The maximum atomic E-state index is 4.24. The minimum absolute atomic E-state index is 0.738. The second kappa shape index (κ2) is 1.55. The molecule has 2 unspecified atom stereocenters. The van der Waals surface area contributed by atoms with Gasteiger partial charge in [0.1, 0.15) is 12.1 Å². The van der Waals surface area contributed by atoms with E-state index < -0.39 is 0 Å². The molecule has 1 aliphatic carbocycles. The highest BCUT2D eigenvalue weighted by atomic mass is 15.3. The molecular formula is C8H9N3. The zero-order valence-corrected chi connectivity index (χ0v) is 6.36. The molecule has 1 aliphatic heterocycles. The van der Waals surface area contributed by atoms with Gasteiger partial charge in [0, 0.05) is 30.8 Å². The number of aromatic nitrogens is 2. The second-order valence-corrected chi connectivity index (χ2v) is 3.32. The first-order valence-electron chi connectivity index (χ1n) is 3.90. The van der Waals surface area contributed by atoms with Gasteiger partial charge in [-0.25, -0.2) is 9.97 Å². The summed E-state index contributed by atoms with van der Waals surface area (Å²) in [6.07, 6.45) is 4.88. The van der Waals surface area contributed by atoms with E-state index in [9.17, 15) is 0 Å².